The van der Waals surface area contributed by atoms with Crippen molar-refractivity contribution >= 4 is 11.4 Å². The fourth-order valence-electron chi connectivity index (χ4n) is 9.61. The van der Waals surface area contributed by atoms with Crippen molar-refractivity contribution < 1.29 is 4.79 Å². The first-order chi connectivity index (χ1) is 36.6. The summed E-state index contributed by atoms with van der Waals surface area (Å²) in [7, 11) is 0. The Morgan fingerprint density at radius 3 is 1.23 bits per heavy atom. The lowest BCUT2D eigenvalue weighted by Crippen LogP contribution is -2.03. The van der Waals surface area contributed by atoms with Gasteiger partial charge >= 0.3 is 0 Å². The Kier molecular flexibility index (Phi) is 12.6. The van der Waals surface area contributed by atoms with Crippen LogP contribution in [0.1, 0.15) is 34.6 Å². The van der Waals surface area contributed by atoms with Crippen LogP contribution >= 0.6 is 0 Å². The topological polar surface area (TPSA) is 81.5 Å². The number of aromatic nitrogens is 5. The van der Waals surface area contributed by atoms with Crippen LogP contribution in [-0.2, 0) is 0 Å². The van der Waals surface area contributed by atoms with Crippen molar-refractivity contribution in [1.29, 1.82) is 0 Å². The third kappa shape index (κ3) is 9.56. The van der Waals surface area contributed by atoms with E-state index in [2.05, 4.69) is 109 Å². The van der Waals surface area contributed by atoms with E-state index < -0.39 is 0 Å². The molecule has 0 N–H and O–H groups in total. The lowest BCUT2D eigenvalue weighted by Gasteiger charge is -2.18. The molecule has 350 valence electrons. The van der Waals surface area contributed by atoms with Gasteiger partial charge in [0.25, 0.3) is 0 Å². The van der Waals surface area contributed by atoms with E-state index in [1.807, 2.05) is 152 Å². The van der Waals surface area contributed by atoms with E-state index in [1.54, 1.807) is 0 Å². The van der Waals surface area contributed by atoms with Gasteiger partial charge in [0, 0.05) is 50.1 Å². The molecule has 0 spiro atoms. The average molecular weight is 950 g/mol. The minimum absolute atomic E-state index is 0.0462. The number of carbonyl (C=O) groups is 1. The molecule has 9 aromatic carbocycles. The van der Waals surface area contributed by atoms with Gasteiger partial charge in [0.05, 0.1) is 11.4 Å². The number of nitrogens with zero attached hydrogens (tertiary/aromatic N) is 5. The molecular weight excluding hydrogens is 903 g/mol. The number of rotatable bonds is 12. The second kappa shape index (κ2) is 20.5. The van der Waals surface area contributed by atoms with Gasteiger partial charge in [-0.15, -0.1) is 0 Å². The van der Waals surface area contributed by atoms with Crippen LogP contribution in [0.25, 0.3) is 107 Å². The van der Waals surface area contributed by atoms with Gasteiger partial charge in [-0.05, 0) is 88.2 Å². The number of hydrogen-bond donors (Lipinski definition) is 0. The van der Waals surface area contributed by atoms with Crippen molar-refractivity contribution in [1.82, 2.24) is 24.9 Å². The summed E-state index contributed by atoms with van der Waals surface area (Å²) in [6.45, 7) is 0. The first kappa shape index (κ1) is 45.4. The third-order valence-electron chi connectivity index (χ3n) is 13.3. The van der Waals surface area contributed by atoms with Crippen molar-refractivity contribution in [2.45, 2.75) is 12.8 Å². The van der Waals surface area contributed by atoms with Gasteiger partial charge in [-0.3, -0.25) is 4.79 Å². The highest BCUT2D eigenvalue weighted by Gasteiger charge is 2.22. The fraction of sp³-hybridized carbons (Fsp3) is 0.0294. The first-order valence-electron chi connectivity index (χ1n) is 24.9. The molecule has 1 aliphatic carbocycles. The van der Waals surface area contributed by atoms with Gasteiger partial charge in [-0.25, -0.2) is 24.9 Å². The SMILES string of the molecule is O=C(c1cccc(-c2cccc(-c3c(-c4ccccc4)nc(-c4cccc(-c5nc(C6=CCCC=C6)nc(-c6ccccc6)n5)c4)nc3-c3ccccc3)c2)c1)c1cc(-c2ccccc2)cc(-c2ccccc2)c1. The van der Waals surface area contributed by atoms with Gasteiger partial charge in [-0.2, -0.15) is 0 Å². The molecular formula is C68H47N5O. The molecule has 0 unspecified atom stereocenters. The molecule has 2 aromatic heterocycles. The summed E-state index contributed by atoms with van der Waals surface area (Å²) in [5.41, 5.74) is 16.1. The Morgan fingerprint density at radius 2 is 0.689 bits per heavy atom. The molecule has 0 saturated heterocycles. The Bertz CT molecular complexity index is 3770. The van der Waals surface area contributed by atoms with Crippen molar-refractivity contribution in [3.05, 3.63) is 278 Å². The Balaban J connectivity index is 0.962. The summed E-state index contributed by atoms with van der Waals surface area (Å²) in [5.74, 6) is 2.34. The maximum atomic E-state index is 14.7. The van der Waals surface area contributed by atoms with Crippen LogP contribution in [0.15, 0.2) is 261 Å². The Labute approximate surface area is 430 Å². The van der Waals surface area contributed by atoms with Crippen LogP contribution in [0.4, 0.5) is 0 Å². The normalized spacial score (nSPS) is 12.0. The molecule has 74 heavy (non-hydrogen) atoms. The molecule has 0 fully saturated rings. The zero-order valence-electron chi connectivity index (χ0n) is 40.4. The monoisotopic (exact) mass is 949 g/mol. The molecule has 2 heterocycles. The van der Waals surface area contributed by atoms with E-state index in [1.165, 1.54) is 0 Å². The number of benzene rings is 9. The molecule has 11 aromatic rings. The highest BCUT2D eigenvalue weighted by molar-refractivity contribution is 6.11. The summed E-state index contributed by atoms with van der Waals surface area (Å²) in [4.78, 5) is 40.7. The zero-order chi connectivity index (χ0) is 49.6. The minimum Gasteiger partial charge on any atom is -0.289 e. The fourth-order valence-corrected chi connectivity index (χ4v) is 9.61. The molecule has 0 bridgehead atoms. The largest absolute Gasteiger partial charge is 0.289 e. The van der Waals surface area contributed by atoms with Crippen LogP contribution in [0.5, 0.6) is 0 Å². The summed E-state index contributed by atoms with van der Waals surface area (Å²) in [5, 5.41) is 0. The second-order valence-corrected chi connectivity index (χ2v) is 18.3. The summed E-state index contributed by atoms with van der Waals surface area (Å²) in [6.07, 6.45) is 8.39. The van der Waals surface area contributed by atoms with Crippen LogP contribution < -0.4 is 0 Å². The first-order valence-corrected chi connectivity index (χ1v) is 24.9. The van der Waals surface area contributed by atoms with Gasteiger partial charge in [0.1, 0.15) is 0 Å². The molecule has 12 rings (SSSR count). The van der Waals surface area contributed by atoms with Crippen molar-refractivity contribution in [2.24, 2.45) is 0 Å². The molecule has 0 amide bonds. The van der Waals surface area contributed by atoms with E-state index in [0.717, 1.165) is 102 Å². The van der Waals surface area contributed by atoms with E-state index in [-0.39, 0.29) is 5.78 Å². The average Bonchev–Trinajstić information content (AvgIpc) is 3.50. The minimum atomic E-state index is -0.0462. The predicted octanol–water partition coefficient (Wildman–Crippen LogP) is 16.6. The van der Waals surface area contributed by atoms with E-state index in [9.17, 15) is 4.79 Å². The van der Waals surface area contributed by atoms with Crippen LogP contribution in [-0.4, -0.2) is 30.7 Å². The highest BCUT2D eigenvalue weighted by Crippen LogP contribution is 2.41. The van der Waals surface area contributed by atoms with Crippen molar-refractivity contribution in [2.75, 3.05) is 0 Å². The Hall–Kier alpha value is -9.78. The van der Waals surface area contributed by atoms with Crippen LogP contribution in [0, 0.1) is 0 Å². The quantitative estimate of drug-likeness (QED) is 0.114. The van der Waals surface area contributed by atoms with E-state index in [0.29, 0.717) is 34.4 Å². The third-order valence-corrected chi connectivity index (χ3v) is 13.3. The molecule has 0 saturated carbocycles. The highest BCUT2D eigenvalue weighted by atomic mass is 16.1. The lowest BCUT2D eigenvalue weighted by atomic mass is 9.90. The standard InChI is InChI=1S/C68H47N5O/c74-64(60-44-58(46-22-7-1-8-23-46)43-59(45-60)47-24-9-2-10-25-47)55-37-20-35-53(41-55)52-34-19-36-54(40-52)61-62(48-26-11-3-12-27-48)69-67(70-63(61)49-28-13-4-14-29-49)56-38-21-39-57(42-56)68-72-65(50-30-15-5-16-31-50)71-66(73-68)51-32-17-6-18-33-51/h1-5,7-17,19-45H,6,18H2. The maximum Gasteiger partial charge on any atom is 0.193 e. The molecule has 0 aliphatic heterocycles. The van der Waals surface area contributed by atoms with Crippen LogP contribution in [0.2, 0.25) is 0 Å². The molecule has 6 nitrogen and oxygen atoms in total. The van der Waals surface area contributed by atoms with E-state index >= 15 is 0 Å². The van der Waals surface area contributed by atoms with Crippen molar-refractivity contribution in [3.63, 3.8) is 0 Å². The van der Waals surface area contributed by atoms with Crippen LogP contribution in [0.3, 0.4) is 0 Å². The van der Waals surface area contributed by atoms with E-state index in [4.69, 9.17) is 24.9 Å². The summed E-state index contributed by atoms with van der Waals surface area (Å²) >= 11 is 0. The number of ketones is 1. The lowest BCUT2D eigenvalue weighted by molar-refractivity contribution is 0.103. The predicted molar refractivity (Wildman–Crippen MR) is 301 cm³/mol. The Morgan fingerprint density at radius 1 is 0.297 bits per heavy atom. The zero-order valence-corrected chi connectivity index (χ0v) is 40.4. The second-order valence-electron chi connectivity index (χ2n) is 18.3. The maximum absolute atomic E-state index is 14.7. The molecule has 6 heteroatoms. The molecule has 0 atom stereocenters. The van der Waals surface area contributed by atoms with Gasteiger partial charge in [0.2, 0.25) is 0 Å². The number of hydrogen-bond acceptors (Lipinski definition) is 6. The number of carbonyl (C=O) groups excluding carboxylic acids is 1. The molecule has 0 radical (unpaired) electrons. The van der Waals surface area contributed by atoms with Crippen molar-refractivity contribution in [3.8, 4) is 101 Å². The number of allylic oxidation sites excluding steroid dienone is 4. The van der Waals surface area contributed by atoms with Gasteiger partial charge < -0.3 is 0 Å². The summed E-state index contributed by atoms with van der Waals surface area (Å²) < 4.78 is 0. The molecule has 1 aliphatic rings. The summed E-state index contributed by atoms with van der Waals surface area (Å²) in [6, 6.07) is 81.9. The van der Waals surface area contributed by atoms with Gasteiger partial charge in [0.15, 0.2) is 29.1 Å². The smallest absolute Gasteiger partial charge is 0.193 e. The van der Waals surface area contributed by atoms with Gasteiger partial charge in [-0.1, -0.05) is 224 Å².